The SMILES string of the molecule is CC(C)Cc1sc(Br)nc1-c1ccc(Cl)c(Cl)c1.COC(=O)c1cccc(-c2nc(-c3ccc(Cl)c(Cl)c3)c(CC(C)C)s2)c1.COC(=O)c1cccc(B2OC(C)(C)C(C)(C)O2)c1. The molecule has 3 heterocycles. The number of carbonyl (C=O) groups is 2. The minimum absolute atomic E-state index is 0.361. The second-order valence-corrected chi connectivity index (χ2v) is 21.8. The molecule has 0 N–H and O–H groups in total. The number of esters is 2. The molecule has 64 heavy (non-hydrogen) atoms. The first kappa shape index (κ1) is 51.7. The van der Waals surface area contributed by atoms with Gasteiger partial charge in [-0.2, -0.15) is 0 Å². The Bertz CT molecular complexity index is 2580. The van der Waals surface area contributed by atoms with Gasteiger partial charge in [-0.05, 0) is 122 Å². The molecule has 0 unspecified atom stereocenters. The summed E-state index contributed by atoms with van der Waals surface area (Å²) in [5, 5.41) is 3.02. The molecule has 0 amide bonds. The molecule has 4 aromatic carbocycles. The molecular weight excluding hydrogens is 997 g/mol. The molecule has 7 rings (SSSR count). The van der Waals surface area contributed by atoms with Crippen molar-refractivity contribution in [1.29, 1.82) is 0 Å². The highest BCUT2D eigenvalue weighted by Gasteiger charge is 2.51. The molecule has 16 heteroatoms. The van der Waals surface area contributed by atoms with Crippen molar-refractivity contribution in [2.24, 2.45) is 11.8 Å². The summed E-state index contributed by atoms with van der Waals surface area (Å²) in [5.41, 5.74) is 5.79. The monoisotopic (exact) mass is 1040 g/mol. The highest BCUT2D eigenvalue weighted by molar-refractivity contribution is 9.11. The fourth-order valence-corrected chi connectivity index (χ4v) is 10.0. The molecule has 0 saturated carbocycles. The molecule has 1 fully saturated rings. The third-order valence-electron chi connectivity index (χ3n) is 10.3. The quantitative estimate of drug-likeness (QED) is 0.0989. The van der Waals surface area contributed by atoms with Crippen LogP contribution in [0.3, 0.4) is 0 Å². The molecule has 2 aromatic heterocycles. The van der Waals surface area contributed by atoms with Gasteiger partial charge >= 0.3 is 19.1 Å². The maximum absolute atomic E-state index is 11.8. The first-order valence-electron chi connectivity index (χ1n) is 20.4. The summed E-state index contributed by atoms with van der Waals surface area (Å²) in [6.07, 6.45) is 1.92. The number of hydrogen-bond acceptors (Lipinski definition) is 10. The lowest BCUT2D eigenvalue weighted by atomic mass is 9.78. The van der Waals surface area contributed by atoms with E-state index in [0.717, 1.165) is 55.3 Å². The van der Waals surface area contributed by atoms with Crippen LogP contribution in [0.1, 0.15) is 85.9 Å². The number of benzene rings is 4. The van der Waals surface area contributed by atoms with Gasteiger partial charge in [0, 0.05) is 26.4 Å². The number of methoxy groups -OCH3 is 2. The topological polar surface area (TPSA) is 96.8 Å². The van der Waals surface area contributed by atoms with Crippen molar-refractivity contribution in [3.05, 3.63) is 130 Å². The van der Waals surface area contributed by atoms with E-state index in [2.05, 4.69) is 48.6 Å². The minimum atomic E-state index is -0.463. The van der Waals surface area contributed by atoms with Gasteiger partial charge in [-0.1, -0.05) is 110 Å². The van der Waals surface area contributed by atoms with Crippen LogP contribution in [0.4, 0.5) is 0 Å². The second kappa shape index (κ2) is 22.5. The van der Waals surface area contributed by atoms with Crippen LogP contribution in [0, 0.1) is 11.8 Å². The van der Waals surface area contributed by atoms with Crippen molar-refractivity contribution < 1.29 is 28.4 Å². The Hall–Kier alpha value is -3.30. The summed E-state index contributed by atoms with van der Waals surface area (Å²) in [6.45, 7) is 16.7. The smallest absolute Gasteiger partial charge is 0.465 e. The van der Waals surface area contributed by atoms with Gasteiger partial charge in [0.15, 0.2) is 3.92 Å². The second-order valence-electron chi connectivity index (χ2n) is 16.8. The number of halogens is 5. The average molecular weight is 1050 g/mol. The molecule has 0 aliphatic carbocycles. The largest absolute Gasteiger partial charge is 0.494 e. The molecule has 1 saturated heterocycles. The summed E-state index contributed by atoms with van der Waals surface area (Å²) in [6, 6.07) is 25.7. The highest BCUT2D eigenvalue weighted by Crippen LogP contribution is 2.39. The summed E-state index contributed by atoms with van der Waals surface area (Å²) in [4.78, 5) is 35.2. The van der Waals surface area contributed by atoms with Crippen molar-refractivity contribution in [1.82, 2.24) is 9.97 Å². The summed E-state index contributed by atoms with van der Waals surface area (Å²) < 4.78 is 22.3. The zero-order chi connectivity index (χ0) is 47.1. The van der Waals surface area contributed by atoms with E-state index in [1.54, 1.807) is 53.0 Å². The van der Waals surface area contributed by atoms with Gasteiger partial charge in [-0.15, -0.1) is 22.7 Å². The van der Waals surface area contributed by atoms with E-state index in [-0.39, 0.29) is 23.1 Å². The van der Waals surface area contributed by atoms with Gasteiger partial charge in [-0.25, -0.2) is 19.6 Å². The summed E-state index contributed by atoms with van der Waals surface area (Å²) >= 11 is 31.0. The molecule has 6 aromatic rings. The average Bonchev–Trinajstić information content (AvgIpc) is 3.90. The van der Waals surface area contributed by atoms with Crippen molar-refractivity contribution in [3.63, 3.8) is 0 Å². The number of hydrogen-bond donors (Lipinski definition) is 0. The zero-order valence-electron chi connectivity index (χ0n) is 37.3. The molecular formula is C48H50BBrCl4N2O6S2. The highest BCUT2D eigenvalue weighted by atomic mass is 79.9. The number of rotatable bonds is 10. The molecule has 8 nitrogen and oxygen atoms in total. The number of carbonyl (C=O) groups excluding carboxylic acids is 2. The first-order chi connectivity index (χ1) is 30.1. The molecule has 1 aliphatic heterocycles. The molecule has 0 bridgehead atoms. The predicted molar refractivity (Wildman–Crippen MR) is 270 cm³/mol. The van der Waals surface area contributed by atoms with Crippen LogP contribution in [-0.2, 0) is 31.6 Å². The van der Waals surface area contributed by atoms with Gasteiger partial charge in [0.25, 0.3) is 0 Å². The fraction of sp³-hybridized carbons (Fsp3) is 0.333. The Balaban J connectivity index is 0.000000186. The lowest BCUT2D eigenvalue weighted by Gasteiger charge is -2.32. The normalized spacial score (nSPS) is 13.9. The maximum Gasteiger partial charge on any atom is 0.494 e. The van der Waals surface area contributed by atoms with Crippen LogP contribution in [-0.4, -0.2) is 54.4 Å². The molecule has 0 spiro atoms. The van der Waals surface area contributed by atoms with Crippen LogP contribution in [0.25, 0.3) is 33.1 Å². The Morgan fingerprint density at radius 3 is 1.59 bits per heavy atom. The number of ether oxygens (including phenoxy) is 2. The van der Waals surface area contributed by atoms with Crippen LogP contribution in [0.2, 0.25) is 20.1 Å². The summed E-state index contributed by atoms with van der Waals surface area (Å²) in [7, 11) is 2.28. The molecule has 0 atom stereocenters. The standard InChI is InChI=1S/C21H19Cl2NO2S.C14H19BO4.C13H12BrCl2NS/c1-12(2)9-18-19(13-7-8-16(22)17(23)11-13)24-20(27-18)14-5-4-6-15(10-14)21(25)26-3;1-13(2)14(3,4)19-15(18-13)11-8-6-7-10(9-11)12(16)17-5;1-7(2)5-11-12(17-13(14)18-11)8-3-4-9(15)10(16)6-8/h4-8,10-12H,9H2,1-3H3;6-9H,1-5H3;3-4,6-7H,5H2,1-2H3. The minimum Gasteiger partial charge on any atom is -0.465 e. The van der Waals surface area contributed by atoms with Crippen molar-refractivity contribution in [2.45, 2.75) is 79.4 Å². The van der Waals surface area contributed by atoms with E-state index >= 15 is 0 Å². The number of nitrogens with zero attached hydrogens (tertiary/aromatic N) is 2. The van der Waals surface area contributed by atoms with Gasteiger partial charge in [-0.3, -0.25) is 0 Å². The molecule has 1 aliphatic rings. The lowest BCUT2D eigenvalue weighted by molar-refractivity contribution is 0.00578. The Labute approximate surface area is 413 Å². The number of thiazole rings is 2. The third-order valence-corrected chi connectivity index (χ3v) is 14.4. The third kappa shape index (κ3) is 13.2. The van der Waals surface area contributed by atoms with Crippen molar-refractivity contribution >= 4 is 110 Å². The summed E-state index contributed by atoms with van der Waals surface area (Å²) in [5.74, 6) is 0.360. The van der Waals surface area contributed by atoms with E-state index < -0.39 is 7.12 Å². The van der Waals surface area contributed by atoms with E-state index in [1.165, 1.54) is 24.0 Å². The zero-order valence-corrected chi connectivity index (χ0v) is 43.5. The Morgan fingerprint density at radius 2 is 1.11 bits per heavy atom. The first-order valence-corrected chi connectivity index (χ1v) is 24.3. The van der Waals surface area contributed by atoms with Crippen molar-refractivity contribution in [2.75, 3.05) is 14.2 Å². The fourth-order valence-electron chi connectivity index (χ4n) is 6.36. The molecule has 338 valence electrons. The van der Waals surface area contributed by atoms with Gasteiger partial charge < -0.3 is 18.8 Å². The number of aromatic nitrogens is 2. The Kier molecular flexibility index (Phi) is 18.1. The van der Waals surface area contributed by atoms with E-state index in [1.807, 2.05) is 82.3 Å². The van der Waals surface area contributed by atoms with Crippen LogP contribution >= 0.6 is 85.0 Å². The maximum atomic E-state index is 11.8. The van der Waals surface area contributed by atoms with E-state index in [0.29, 0.717) is 43.1 Å². The van der Waals surface area contributed by atoms with Crippen LogP contribution in [0.5, 0.6) is 0 Å². The van der Waals surface area contributed by atoms with Crippen molar-refractivity contribution in [3.8, 4) is 33.1 Å². The van der Waals surface area contributed by atoms with Crippen LogP contribution < -0.4 is 5.46 Å². The van der Waals surface area contributed by atoms with E-state index in [9.17, 15) is 9.59 Å². The van der Waals surface area contributed by atoms with E-state index in [4.69, 9.17) is 70.2 Å². The van der Waals surface area contributed by atoms with Gasteiger partial charge in [0.2, 0.25) is 0 Å². The van der Waals surface area contributed by atoms with Crippen LogP contribution in [0.15, 0.2) is 88.8 Å². The lowest BCUT2D eigenvalue weighted by Crippen LogP contribution is -2.41. The predicted octanol–water partition coefficient (Wildman–Crippen LogP) is 14.6. The molecule has 0 radical (unpaired) electrons. The Morgan fingerprint density at radius 1 is 0.641 bits per heavy atom. The van der Waals surface area contributed by atoms with Gasteiger partial charge in [0.1, 0.15) is 5.01 Å². The van der Waals surface area contributed by atoms with Gasteiger partial charge in [0.05, 0.1) is 68.0 Å².